The van der Waals surface area contributed by atoms with Gasteiger partial charge in [-0.15, -0.1) is 0 Å². The topological polar surface area (TPSA) is 52.6 Å². The summed E-state index contributed by atoms with van der Waals surface area (Å²) < 4.78 is 10.9. The molecule has 4 rings (SSSR count). The average Bonchev–Trinajstić information content (AvgIpc) is 3.04. The van der Waals surface area contributed by atoms with Crippen molar-refractivity contribution in [2.45, 2.75) is 65.1 Å². The molecule has 4 aliphatic rings. The number of allylic oxidation sites excluding steroid dienone is 4. The van der Waals surface area contributed by atoms with Crippen LogP contribution in [0.25, 0.3) is 0 Å². The minimum atomic E-state index is -1.15. The van der Waals surface area contributed by atoms with Gasteiger partial charge < -0.3 is 9.47 Å². The predicted octanol–water partition coefficient (Wildman–Crippen LogP) is 4.49. The molecule has 4 heteroatoms. The van der Waals surface area contributed by atoms with Crippen LogP contribution in [-0.2, 0) is 19.1 Å². The van der Waals surface area contributed by atoms with Crippen LogP contribution in [0.4, 0.5) is 0 Å². The highest BCUT2D eigenvalue weighted by Crippen LogP contribution is 2.66. The van der Waals surface area contributed by atoms with Crippen molar-refractivity contribution in [3.8, 4) is 0 Å². The largest absolute Gasteiger partial charge is 0.347 e. The number of hydrogen-bond donors (Lipinski definition) is 0. The van der Waals surface area contributed by atoms with Crippen LogP contribution in [0.3, 0.4) is 0 Å². The Morgan fingerprint density at radius 2 is 1.82 bits per heavy atom. The Morgan fingerprint density at radius 1 is 1.11 bits per heavy atom. The summed E-state index contributed by atoms with van der Waals surface area (Å²) in [6.07, 6.45) is 12.2. The van der Waals surface area contributed by atoms with Crippen molar-refractivity contribution in [1.82, 2.24) is 0 Å². The van der Waals surface area contributed by atoms with Crippen LogP contribution in [0.2, 0.25) is 0 Å². The molecule has 0 aromatic rings. The molecule has 0 aliphatic heterocycles. The predicted molar refractivity (Wildman–Crippen MR) is 108 cm³/mol. The first-order valence-corrected chi connectivity index (χ1v) is 10.8. The van der Waals surface area contributed by atoms with E-state index in [-0.39, 0.29) is 28.3 Å². The molecular formula is C24H34O4. The molecule has 0 N–H and O–H groups in total. The van der Waals surface area contributed by atoms with Crippen molar-refractivity contribution in [1.29, 1.82) is 0 Å². The quantitative estimate of drug-likeness (QED) is 0.668. The van der Waals surface area contributed by atoms with Crippen molar-refractivity contribution in [3.63, 3.8) is 0 Å². The van der Waals surface area contributed by atoms with Crippen molar-refractivity contribution in [3.05, 3.63) is 23.8 Å². The number of methoxy groups -OCH3 is 2. The Morgan fingerprint density at radius 3 is 2.50 bits per heavy atom. The maximum atomic E-state index is 13.4. The summed E-state index contributed by atoms with van der Waals surface area (Å²) in [7, 11) is 3.11. The van der Waals surface area contributed by atoms with E-state index >= 15 is 0 Å². The summed E-state index contributed by atoms with van der Waals surface area (Å²) in [4.78, 5) is 25.3. The van der Waals surface area contributed by atoms with Crippen molar-refractivity contribution in [2.24, 2.45) is 34.5 Å². The molecule has 0 aromatic heterocycles. The molecule has 6 atom stereocenters. The van der Waals surface area contributed by atoms with E-state index in [1.165, 1.54) is 5.57 Å². The summed E-state index contributed by atoms with van der Waals surface area (Å²) in [5, 5.41) is 0. The highest BCUT2D eigenvalue weighted by atomic mass is 16.7. The van der Waals surface area contributed by atoms with Crippen molar-refractivity contribution in [2.75, 3.05) is 14.2 Å². The zero-order valence-corrected chi connectivity index (χ0v) is 17.9. The van der Waals surface area contributed by atoms with Gasteiger partial charge in [0.25, 0.3) is 0 Å². The van der Waals surface area contributed by atoms with E-state index in [1.807, 2.05) is 6.08 Å². The van der Waals surface area contributed by atoms with Gasteiger partial charge in [-0.3, -0.25) is 9.59 Å². The molecule has 4 nitrogen and oxygen atoms in total. The van der Waals surface area contributed by atoms with Gasteiger partial charge in [-0.1, -0.05) is 25.5 Å². The van der Waals surface area contributed by atoms with Gasteiger partial charge in [0.15, 0.2) is 11.6 Å². The fraction of sp³-hybridized carbons (Fsp3) is 0.750. The minimum Gasteiger partial charge on any atom is -0.347 e. The van der Waals surface area contributed by atoms with E-state index in [0.29, 0.717) is 17.8 Å². The van der Waals surface area contributed by atoms with Gasteiger partial charge in [0, 0.05) is 25.6 Å². The van der Waals surface area contributed by atoms with Gasteiger partial charge >= 0.3 is 0 Å². The zero-order chi connectivity index (χ0) is 20.3. The summed E-state index contributed by atoms with van der Waals surface area (Å²) in [6.45, 7) is 6.41. The maximum absolute atomic E-state index is 13.4. The Hall–Kier alpha value is -1.26. The number of carbonyl (C=O) groups is 2. The first-order valence-electron chi connectivity index (χ1n) is 10.8. The standard InChI is InChI=1S/C24H34O4/c1-22-12-10-16(25)14-15(22)6-7-17-18-8-9-20(21(26)24(3,27-4)28-5)23(18,2)13-11-19(17)22/h10,12,14,17-20H,6-9,11,13H2,1-5H3/t17-,18-,19-,20+,22-,23-/m0/s1. The Balaban J connectivity index is 1.63. The van der Waals surface area contributed by atoms with Crippen LogP contribution in [0.5, 0.6) is 0 Å². The molecule has 0 unspecified atom stereocenters. The first-order chi connectivity index (χ1) is 13.2. The molecule has 0 amide bonds. The highest BCUT2D eigenvalue weighted by Gasteiger charge is 2.61. The first kappa shape index (κ1) is 20.0. The lowest BCUT2D eigenvalue weighted by Gasteiger charge is -2.57. The molecule has 0 saturated heterocycles. The molecule has 0 aromatic carbocycles. The summed E-state index contributed by atoms with van der Waals surface area (Å²) >= 11 is 0. The smallest absolute Gasteiger partial charge is 0.225 e. The molecule has 28 heavy (non-hydrogen) atoms. The second-order valence-corrected chi connectivity index (χ2v) is 10.00. The Kier molecular flexibility index (Phi) is 4.74. The molecule has 0 heterocycles. The molecule has 3 saturated carbocycles. The molecule has 0 bridgehead atoms. The number of rotatable bonds is 4. The van der Waals surface area contributed by atoms with Crippen LogP contribution in [0, 0.1) is 34.5 Å². The van der Waals surface area contributed by atoms with Crippen molar-refractivity contribution >= 4 is 11.6 Å². The van der Waals surface area contributed by atoms with Crippen LogP contribution in [0.1, 0.15) is 59.3 Å². The highest BCUT2D eigenvalue weighted by molar-refractivity contribution is 6.01. The molecule has 0 spiro atoms. The van der Waals surface area contributed by atoms with Crippen LogP contribution >= 0.6 is 0 Å². The second kappa shape index (κ2) is 6.63. The van der Waals surface area contributed by atoms with E-state index in [0.717, 1.165) is 38.5 Å². The molecule has 3 fully saturated rings. The van der Waals surface area contributed by atoms with Crippen LogP contribution in [0.15, 0.2) is 23.8 Å². The SMILES string of the molecule is COC(C)(OC)C(=O)[C@H]1CC[C@H]2[C@@H]3CCC4=CC(=O)C=C[C@]4(C)[C@H]3CC[C@]12C. The van der Waals surface area contributed by atoms with Crippen LogP contribution < -0.4 is 0 Å². The van der Waals surface area contributed by atoms with Crippen molar-refractivity contribution < 1.29 is 19.1 Å². The van der Waals surface area contributed by atoms with Gasteiger partial charge in [-0.2, -0.15) is 0 Å². The van der Waals surface area contributed by atoms with Gasteiger partial charge in [0.2, 0.25) is 5.79 Å². The molecule has 4 aliphatic carbocycles. The summed E-state index contributed by atoms with van der Waals surface area (Å²) in [5.74, 6) is 0.829. The Bertz CT molecular complexity index is 746. The minimum absolute atomic E-state index is 0.00318. The van der Waals surface area contributed by atoms with E-state index in [4.69, 9.17) is 9.47 Å². The van der Waals surface area contributed by atoms with Crippen LogP contribution in [-0.4, -0.2) is 31.6 Å². The van der Waals surface area contributed by atoms with E-state index in [1.54, 1.807) is 27.2 Å². The average molecular weight is 387 g/mol. The van der Waals surface area contributed by atoms with E-state index < -0.39 is 5.79 Å². The van der Waals surface area contributed by atoms with Gasteiger partial charge in [0.1, 0.15) is 0 Å². The third-order valence-electron chi connectivity index (χ3n) is 9.10. The lowest BCUT2D eigenvalue weighted by Crippen LogP contribution is -2.53. The Labute approximate surface area is 168 Å². The monoisotopic (exact) mass is 386 g/mol. The third-order valence-corrected chi connectivity index (χ3v) is 9.10. The number of carbonyl (C=O) groups excluding carboxylic acids is 2. The number of fused-ring (bicyclic) bond motifs is 5. The lowest BCUT2D eigenvalue weighted by molar-refractivity contribution is -0.206. The number of Topliss-reactive ketones (excluding diaryl/α,β-unsaturated/α-hetero) is 1. The number of hydrogen-bond acceptors (Lipinski definition) is 4. The summed E-state index contributed by atoms with van der Waals surface area (Å²) in [5.41, 5.74) is 1.35. The zero-order valence-electron chi connectivity index (χ0n) is 17.9. The number of ketones is 2. The fourth-order valence-electron chi connectivity index (χ4n) is 7.23. The fourth-order valence-corrected chi connectivity index (χ4v) is 7.23. The third kappa shape index (κ3) is 2.64. The summed E-state index contributed by atoms with van der Waals surface area (Å²) in [6, 6.07) is 0. The molecule has 0 radical (unpaired) electrons. The number of ether oxygens (including phenoxy) is 2. The molecule has 154 valence electrons. The van der Waals surface area contributed by atoms with E-state index in [9.17, 15) is 9.59 Å². The maximum Gasteiger partial charge on any atom is 0.225 e. The molecular weight excluding hydrogens is 352 g/mol. The van der Waals surface area contributed by atoms with E-state index in [2.05, 4.69) is 19.9 Å². The normalized spacial score (nSPS) is 42.5. The van der Waals surface area contributed by atoms with Gasteiger partial charge in [-0.25, -0.2) is 0 Å². The lowest BCUT2D eigenvalue weighted by atomic mass is 9.47. The second-order valence-electron chi connectivity index (χ2n) is 10.00. The van der Waals surface area contributed by atoms with Gasteiger partial charge in [0.05, 0.1) is 0 Å². The van der Waals surface area contributed by atoms with Gasteiger partial charge in [-0.05, 0) is 80.8 Å².